The highest BCUT2D eigenvalue weighted by Gasteiger charge is 2.26. The van der Waals surface area contributed by atoms with Gasteiger partial charge < -0.3 is 14.6 Å². The number of aryl methyl sites for hydroxylation is 1. The molecule has 2 unspecified atom stereocenters. The number of imidazole rings is 1. The molecular weight excluding hydrogens is 385 g/mol. The van der Waals surface area contributed by atoms with Gasteiger partial charge >= 0.3 is 0 Å². The van der Waals surface area contributed by atoms with Crippen molar-refractivity contribution in [3.05, 3.63) is 40.3 Å². The van der Waals surface area contributed by atoms with Crippen LogP contribution in [0.4, 0.5) is 10.2 Å². The highest BCUT2D eigenvalue weighted by Crippen LogP contribution is 2.31. The maximum atomic E-state index is 13.9. The standard InChI is InChI=1S/C18H22FN5O3S/c1-10-7-12-3-6-27-14(12)8-13(10)9-15-22-16-11(2)21-18(19)23-17(16)24(15)5-4-20-28(25)26/h7-8,18,20,23H,3-6,9H2,1-2H3,(H,25,26). The first-order valence-electron chi connectivity index (χ1n) is 9.06. The Kier molecular flexibility index (Phi) is 5.17. The van der Waals surface area contributed by atoms with Crippen LogP contribution in [-0.2, 0) is 30.7 Å². The van der Waals surface area contributed by atoms with Crippen LogP contribution < -0.4 is 14.8 Å². The molecule has 2 aliphatic heterocycles. The van der Waals surface area contributed by atoms with Gasteiger partial charge in [0.1, 0.15) is 23.1 Å². The Balaban J connectivity index is 1.69. The number of nitrogens with one attached hydrogen (secondary N) is 2. The summed E-state index contributed by atoms with van der Waals surface area (Å²) in [6.07, 6.45) is -0.0874. The van der Waals surface area contributed by atoms with Gasteiger partial charge in [0.25, 0.3) is 6.42 Å². The molecule has 0 bridgehead atoms. The number of hydrogen-bond acceptors (Lipinski definition) is 5. The molecule has 2 atom stereocenters. The van der Waals surface area contributed by atoms with Gasteiger partial charge in [-0.25, -0.2) is 18.9 Å². The monoisotopic (exact) mass is 407 g/mol. The normalized spacial score (nSPS) is 18.7. The maximum Gasteiger partial charge on any atom is 0.265 e. The summed E-state index contributed by atoms with van der Waals surface area (Å²) in [6.45, 7) is 5.07. The van der Waals surface area contributed by atoms with Crippen LogP contribution in [0.15, 0.2) is 17.1 Å². The first kappa shape index (κ1) is 19.0. The topological polar surface area (TPSA) is 101 Å². The van der Waals surface area contributed by atoms with Crippen molar-refractivity contribution in [1.82, 2.24) is 14.3 Å². The van der Waals surface area contributed by atoms with E-state index in [2.05, 4.69) is 33.0 Å². The Bertz CT molecular complexity index is 975. The molecule has 0 fully saturated rings. The summed E-state index contributed by atoms with van der Waals surface area (Å²) in [6, 6.07) is 4.19. The molecule has 2 aliphatic rings. The van der Waals surface area contributed by atoms with Gasteiger partial charge in [0.2, 0.25) is 11.3 Å². The second kappa shape index (κ2) is 7.61. The zero-order valence-electron chi connectivity index (χ0n) is 15.7. The molecule has 4 rings (SSSR count). The largest absolute Gasteiger partial charge is 0.493 e. The average Bonchev–Trinajstić information content (AvgIpc) is 3.20. The molecule has 0 amide bonds. The highest BCUT2D eigenvalue weighted by molar-refractivity contribution is 7.77. The molecule has 1 aromatic carbocycles. The van der Waals surface area contributed by atoms with E-state index in [9.17, 15) is 8.60 Å². The van der Waals surface area contributed by atoms with Crippen LogP contribution in [-0.4, -0.2) is 43.6 Å². The molecule has 28 heavy (non-hydrogen) atoms. The second-order valence-corrected chi connectivity index (χ2v) is 7.66. The molecule has 8 nitrogen and oxygen atoms in total. The summed E-state index contributed by atoms with van der Waals surface area (Å²) < 4.78 is 43.8. The van der Waals surface area contributed by atoms with Crippen molar-refractivity contribution in [3.63, 3.8) is 0 Å². The molecule has 1 aromatic heterocycles. The maximum absolute atomic E-state index is 13.9. The van der Waals surface area contributed by atoms with Crippen LogP contribution in [0.5, 0.6) is 5.75 Å². The highest BCUT2D eigenvalue weighted by atomic mass is 32.2. The quantitative estimate of drug-likeness (QED) is 0.502. The number of alkyl halides is 1. The summed E-state index contributed by atoms with van der Waals surface area (Å²) in [7, 11) is 0. The van der Waals surface area contributed by atoms with Crippen LogP contribution in [0, 0.1) is 6.92 Å². The van der Waals surface area contributed by atoms with Crippen LogP contribution >= 0.6 is 0 Å². The fraction of sp³-hybridized carbons (Fsp3) is 0.444. The SMILES string of the molecule is CC1=NC(F)Nc2c1nc(Cc1cc3c(cc1C)CCO3)n2CCNS(=O)O. The number of fused-ring (bicyclic) bond motifs is 2. The predicted octanol–water partition coefficient (Wildman–Crippen LogP) is 1.93. The van der Waals surface area contributed by atoms with E-state index in [-0.39, 0.29) is 6.54 Å². The Morgan fingerprint density at radius 1 is 1.46 bits per heavy atom. The zero-order chi connectivity index (χ0) is 19.8. The van der Waals surface area contributed by atoms with Crippen LogP contribution in [0.25, 0.3) is 0 Å². The van der Waals surface area contributed by atoms with Crippen molar-refractivity contribution >= 4 is 22.8 Å². The molecule has 0 saturated carbocycles. The van der Waals surface area contributed by atoms with E-state index in [1.54, 1.807) is 6.92 Å². The summed E-state index contributed by atoms with van der Waals surface area (Å²) in [5.74, 6) is 2.17. The number of rotatable bonds is 6. The number of halogens is 1. The van der Waals surface area contributed by atoms with E-state index in [1.807, 2.05) is 10.6 Å². The molecular formula is C18H22FN5O3S. The minimum Gasteiger partial charge on any atom is -0.493 e. The number of hydrogen-bond donors (Lipinski definition) is 3. The van der Waals surface area contributed by atoms with Crippen molar-refractivity contribution in [2.45, 2.75) is 39.7 Å². The lowest BCUT2D eigenvalue weighted by atomic mass is 10.0. The first-order chi connectivity index (χ1) is 13.4. The summed E-state index contributed by atoms with van der Waals surface area (Å²) in [5.41, 5.74) is 4.56. The third kappa shape index (κ3) is 3.67. The van der Waals surface area contributed by atoms with Crippen molar-refractivity contribution < 1.29 is 17.9 Å². The molecule has 2 aromatic rings. The molecule has 3 N–H and O–H groups in total. The van der Waals surface area contributed by atoms with Gasteiger partial charge in [-0.15, -0.1) is 0 Å². The van der Waals surface area contributed by atoms with E-state index in [4.69, 9.17) is 9.29 Å². The van der Waals surface area contributed by atoms with Crippen LogP contribution in [0.2, 0.25) is 0 Å². The van der Waals surface area contributed by atoms with E-state index in [1.165, 1.54) is 5.56 Å². The number of anilines is 1. The lowest BCUT2D eigenvalue weighted by Crippen LogP contribution is -2.26. The van der Waals surface area contributed by atoms with E-state index >= 15 is 0 Å². The van der Waals surface area contributed by atoms with Gasteiger partial charge in [-0.2, -0.15) is 4.39 Å². The number of ether oxygens (including phenoxy) is 1. The summed E-state index contributed by atoms with van der Waals surface area (Å²) in [4.78, 5) is 8.59. The third-order valence-electron chi connectivity index (χ3n) is 5.01. The van der Waals surface area contributed by atoms with Gasteiger partial charge in [-0.05, 0) is 36.6 Å². The minimum atomic E-state index is -2.11. The van der Waals surface area contributed by atoms with Gasteiger partial charge in [-0.3, -0.25) is 4.55 Å². The van der Waals surface area contributed by atoms with Gasteiger partial charge in [0.15, 0.2) is 0 Å². The average molecular weight is 407 g/mol. The fourth-order valence-electron chi connectivity index (χ4n) is 3.65. The summed E-state index contributed by atoms with van der Waals surface area (Å²) >= 11 is -2.11. The summed E-state index contributed by atoms with van der Waals surface area (Å²) in [5, 5.41) is 2.71. The fourth-order valence-corrected chi connectivity index (χ4v) is 3.91. The molecule has 0 spiro atoms. The zero-order valence-corrected chi connectivity index (χ0v) is 16.5. The van der Waals surface area contributed by atoms with Crippen molar-refractivity contribution in [2.24, 2.45) is 4.99 Å². The van der Waals surface area contributed by atoms with Gasteiger partial charge in [0.05, 0.1) is 12.3 Å². The Labute approximate surface area is 164 Å². The lowest BCUT2D eigenvalue weighted by Gasteiger charge is -2.18. The van der Waals surface area contributed by atoms with Crippen molar-refractivity contribution in [1.29, 1.82) is 0 Å². The minimum absolute atomic E-state index is 0.236. The second-order valence-electron chi connectivity index (χ2n) is 6.88. The van der Waals surface area contributed by atoms with Crippen LogP contribution in [0.1, 0.15) is 35.1 Å². The predicted molar refractivity (Wildman–Crippen MR) is 105 cm³/mol. The van der Waals surface area contributed by atoms with E-state index in [0.717, 1.165) is 29.1 Å². The number of aromatic nitrogens is 2. The van der Waals surface area contributed by atoms with Crippen molar-refractivity contribution in [3.8, 4) is 5.75 Å². The molecule has 0 aliphatic carbocycles. The molecule has 150 valence electrons. The smallest absolute Gasteiger partial charge is 0.265 e. The molecule has 3 heterocycles. The Hall–Kier alpha value is -2.30. The number of nitrogens with zero attached hydrogens (tertiary/aromatic N) is 3. The Morgan fingerprint density at radius 2 is 2.29 bits per heavy atom. The number of benzene rings is 1. The van der Waals surface area contributed by atoms with Crippen LogP contribution in [0.3, 0.4) is 0 Å². The molecule has 10 heteroatoms. The Morgan fingerprint density at radius 3 is 3.07 bits per heavy atom. The molecule has 0 radical (unpaired) electrons. The molecule has 0 saturated heterocycles. The number of aliphatic imine (C=N–C) groups is 1. The van der Waals surface area contributed by atoms with Gasteiger partial charge in [-0.1, -0.05) is 6.07 Å². The van der Waals surface area contributed by atoms with E-state index < -0.39 is 17.7 Å². The van der Waals surface area contributed by atoms with E-state index in [0.29, 0.717) is 36.8 Å². The third-order valence-corrected chi connectivity index (χ3v) is 5.46. The first-order valence-corrected chi connectivity index (χ1v) is 10.2. The lowest BCUT2D eigenvalue weighted by molar-refractivity contribution is 0.356. The van der Waals surface area contributed by atoms with Gasteiger partial charge in [0, 0.05) is 25.9 Å². The van der Waals surface area contributed by atoms with Crippen molar-refractivity contribution in [2.75, 3.05) is 18.5 Å².